The molecule has 0 bridgehead atoms. The third-order valence-electron chi connectivity index (χ3n) is 4.39. The summed E-state index contributed by atoms with van der Waals surface area (Å²) in [6.07, 6.45) is 2.43. The van der Waals surface area contributed by atoms with Gasteiger partial charge in [-0.05, 0) is 43.0 Å². The molecule has 3 rings (SSSR count). The lowest BCUT2D eigenvalue weighted by Crippen LogP contribution is -2.21. The summed E-state index contributed by atoms with van der Waals surface area (Å²) in [5, 5.41) is 3.47. The van der Waals surface area contributed by atoms with Crippen molar-refractivity contribution in [3.63, 3.8) is 0 Å². The molecule has 0 unspecified atom stereocenters. The minimum Gasteiger partial charge on any atom is -0.370 e. The van der Waals surface area contributed by atoms with E-state index in [0.29, 0.717) is 5.13 Å². The minimum atomic E-state index is -0.109. The van der Waals surface area contributed by atoms with E-state index < -0.39 is 0 Å². The summed E-state index contributed by atoms with van der Waals surface area (Å²) >= 11 is 1.54. The maximum atomic E-state index is 11.4. The number of hydrogen-bond donors (Lipinski definition) is 3. The number of anilines is 1. The van der Waals surface area contributed by atoms with Crippen LogP contribution in [0.5, 0.6) is 0 Å². The molecule has 0 radical (unpaired) electrons. The van der Waals surface area contributed by atoms with Crippen molar-refractivity contribution in [3.8, 4) is 0 Å². The highest BCUT2D eigenvalue weighted by Gasteiger charge is 2.13. The van der Waals surface area contributed by atoms with Gasteiger partial charge in [0, 0.05) is 18.2 Å². The molecule has 3 aromatic rings. The number of carbonyl (C=O) groups is 1. The molecule has 5 N–H and O–H groups in total. The lowest BCUT2D eigenvalue weighted by Gasteiger charge is -2.05. The van der Waals surface area contributed by atoms with Gasteiger partial charge in [0.05, 0.1) is 11.4 Å². The van der Waals surface area contributed by atoms with Gasteiger partial charge in [-0.1, -0.05) is 42.0 Å². The third-order valence-corrected chi connectivity index (χ3v) is 5.40. The summed E-state index contributed by atoms with van der Waals surface area (Å²) in [6, 6.07) is 16.3. The molecule has 2 aromatic carbocycles. The number of nitrogens with two attached hydrogens (primary N) is 2. The zero-order valence-electron chi connectivity index (χ0n) is 17.0. The highest BCUT2D eigenvalue weighted by Crippen LogP contribution is 2.27. The number of aryl methyl sites for hydroxylation is 3. The fourth-order valence-corrected chi connectivity index (χ4v) is 4.05. The lowest BCUT2D eigenvalue weighted by atomic mass is 10.0. The summed E-state index contributed by atoms with van der Waals surface area (Å²) in [6.45, 7) is 3.58. The summed E-state index contributed by atoms with van der Waals surface area (Å²) in [5.74, 6) is -0.0611. The Bertz CT molecular complexity index is 1010. The fourth-order valence-electron chi connectivity index (χ4n) is 2.96. The van der Waals surface area contributed by atoms with Crippen molar-refractivity contribution in [2.75, 3.05) is 5.32 Å². The first-order valence-electron chi connectivity index (χ1n) is 9.39. The van der Waals surface area contributed by atoms with Crippen LogP contribution in [0.25, 0.3) is 0 Å². The Morgan fingerprint density at radius 1 is 1.03 bits per heavy atom. The Morgan fingerprint density at radius 2 is 1.67 bits per heavy atom. The van der Waals surface area contributed by atoms with Gasteiger partial charge in [0.1, 0.15) is 0 Å². The molecular formula is C22H26ClN5OS. The topological polar surface area (TPSA) is 106 Å². The first kappa shape index (κ1) is 23.4. The Hall–Kier alpha value is -2.90. The molecule has 30 heavy (non-hydrogen) atoms. The molecule has 0 spiro atoms. The van der Waals surface area contributed by atoms with Gasteiger partial charge in [0.25, 0.3) is 0 Å². The molecule has 0 fully saturated rings. The quantitative estimate of drug-likeness (QED) is 0.377. The molecule has 0 saturated carbocycles. The summed E-state index contributed by atoms with van der Waals surface area (Å²) in [5.41, 5.74) is 16.2. The number of aliphatic imine (C=N–C) groups is 1. The molecule has 0 saturated heterocycles. The zero-order chi connectivity index (χ0) is 20.8. The molecule has 1 aromatic heterocycles. The highest BCUT2D eigenvalue weighted by molar-refractivity contribution is 7.15. The second-order valence-electron chi connectivity index (χ2n) is 6.94. The van der Waals surface area contributed by atoms with E-state index in [-0.39, 0.29) is 24.3 Å². The largest absolute Gasteiger partial charge is 0.370 e. The normalized spacial score (nSPS) is 10.2. The first-order chi connectivity index (χ1) is 13.9. The molecule has 0 aliphatic carbocycles. The van der Waals surface area contributed by atoms with E-state index >= 15 is 0 Å². The molecular weight excluding hydrogens is 418 g/mol. The van der Waals surface area contributed by atoms with Crippen LogP contribution in [-0.2, 0) is 24.1 Å². The van der Waals surface area contributed by atoms with E-state index in [1.54, 1.807) is 11.3 Å². The van der Waals surface area contributed by atoms with Crippen LogP contribution in [0.1, 0.15) is 34.2 Å². The van der Waals surface area contributed by atoms with E-state index in [9.17, 15) is 4.79 Å². The number of nitrogens with zero attached hydrogens (tertiary/aromatic N) is 2. The number of rotatable bonds is 7. The van der Waals surface area contributed by atoms with Crippen LogP contribution in [0.3, 0.4) is 0 Å². The smallest absolute Gasteiger partial charge is 0.223 e. The molecule has 158 valence electrons. The van der Waals surface area contributed by atoms with Gasteiger partial charge >= 0.3 is 0 Å². The number of hydrogen-bond acceptors (Lipinski definition) is 4. The van der Waals surface area contributed by atoms with Gasteiger partial charge < -0.3 is 16.8 Å². The van der Waals surface area contributed by atoms with Gasteiger partial charge in [0.15, 0.2) is 11.1 Å². The van der Waals surface area contributed by atoms with Crippen LogP contribution in [-0.4, -0.2) is 16.9 Å². The van der Waals surface area contributed by atoms with E-state index in [0.717, 1.165) is 30.6 Å². The van der Waals surface area contributed by atoms with Crippen LogP contribution >= 0.6 is 23.7 Å². The van der Waals surface area contributed by atoms with E-state index in [1.807, 2.05) is 24.3 Å². The number of amides is 1. The van der Waals surface area contributed by atoms with Gasteiger partial charge in [0.2, 0.25) is 5.91 Å². The number of nitrogens with one attached hydrogen (secondary N) is 1. The Labute approximate surface area is 186 Å². The maximum absolute atomic E-state index is 11.4. The first-order valence-corrected chi connectivity index (χ1v) is 10.2. The van der Waals surface area contributed by atoms with Crippen LogP contribution in [0, 0.1) is 6.92 Å². The Balaban J connectivity index is 0.00000320. The molecule has 1 amide bonds. The van der Waals surface area contributed by atoms with Crippen molar-refractivity contribution in [2.45, 2.75) is 33.1 Å². The van der Waals surface area contributed by atoms with Gasteiger partial charge in [-0.15, -0.1) is 23.7 Å². The molecule has 1 heterocycles. The number of carbonyl (C=O) groups excluding carboxylic acids is 1. The second kappa shape index (κ2) is 10.8. The summed E-state index contributed by atoms with van der Waals surface area (Å²) in [7, 11) is 0. The van der Waals surface area contributed by atoms with Crippen LogP contribution < -0.4 is 16.8 Å². The van der Waals surface area contributed by atoms with Crippen molar-refractivity contribution >= 4 is 46.4 Å². The molecule has 8 heteroatoms. The number of benzene rings is 2. The average molecular weight is 444 g/mol. The van der Waals surface area contributed by atoms with Gasteiger partial charge in [-0.3, -0.25) is 4.79 Å². The Morgan fingerprint density at radius 3 is 2.27 bits per heavy atom. The standard InChI is InChI=1S/C22H25N5OS.ClH/c1-14-3-5-17(6-4-14)13-20-19(27-22(29-20)25-15(2)28)12-9-16-7-10-18(11-8-16)26-21(23)24;/h3-8,10-11H,9,12-13H2,1-2H3,(H4,23,24,26)(H,25,27,28);1H. The second-order valence-corrected chi connectivity index (χ2v) is 8.02. The molecule has 6 nitrogen and oxygen atoms in total. The number of halogens is 1. The van der Waals surface area contributed by atoms with Crippen LogP contribution in [0.15, 0.2) is 53.5 Å². The fraction of sp³-hybridized carbons (Fsp3) is 0.227. The Kier molecular flexibility index (Phi) is 8.38. The lowest BCUT2D eigenvalue weighted by molar-refractivity contribution is -0.114. The van der Waals surface area contributed by atoms with Crippen molar-refractivity contribution in [1.82, 2.24) is 4.98 Å². The van der Waals surface area contributed by atoms with Crippen LogP contribution in [0.4, 0.5) is 10.8 Å². The predicted molar refractivity (Wildman–Crippen MR) is 127 cm³/mol. The van der Waals surface area contributed by atoms with Crippen molar-refractivity contribution in [1.29, 1.82) is 0 Å². The minimum absolute atomic E-state index is 0. The number of guanidine groups is 1. The SMILES string of the molecule is CC(=O)Nc1nc(CCc2ccc(N=C(N)N)cc2)c(Cc2ccc(C)cc2)s1.Cl. The molecule has 0 atom stereocenters. The number of aromatic nitrogens is 1. The predicted octanol–water partition coefficient (Wildman–Crippen LogP) is 4.11. The average Bonchev–Trinajstić information content (AvgIpc) is 3.03. The maximum Gasteiger partial charge on any atom is 0.223 e. The molecule has 0 aliphatic rings. The van der Waals surface area contributed by atoms with Crippen molar-refractivity contribution < 1.29 is 4.79 Å². The van der Waals surface area contributed by atoms with Gasteiger partial charge in [-0.25, -0.2) is 9.98 Å². The summed E-state index contributed by atoms with van der Waals surface area (Å²) < 4.78 is 0. The van der Waals surface area contributed by atoms with E-state index in [1.165, 1.54) is 28.5 Å². The zero-order valence-corrected chi connectivity index (χ0v) is 18.6. The van der Waals surface area contributed by atoms with E-state index in [4.69, 9.17) is 11.5 Å². The monoisotopic (exact) mass is 443 g/mol. The van der Waals surface area contributed by atoms with E-state index in [2.05, 4.69) is 46.5 Å². The molecule has 0 aliphatic heterocycles. The van der Waals surface area contributed by atoms with Crippen molar-refractivity contribution in [3.05, 3.63) is 75.8 Å². The highest BCUT2D eigenvalue weighted by atomic mass is 35.5. The third kappa shape index (κ3) is 6.86. The summed E-state index contributed by atoms with van der Waals surface area (Å²) in [4.78, 5) is 21.3. The number of thiazole rings is 1. The van der Waals surface area contributed by atoms with Crippen molar-refractivity contribution in [2.24, 2.45) is 16.5 Å². The van der Waals surface area contributed by atoms with Gasteiger partial charge in [-0.2, -0.15) is 0 Å². The van der Waals surface area contributed by atoms with Crippen LogP contribution in [0.2, 0.25) is 0 Å².